The Morgan fingerprint density at radius 2 is 1.74 bits per heavy atom. The second-order valence-electron chi connectivity index (χ2n) is 8.05. The highest BCUT2D eigenvalue weighted by atomic mass is 16.5. The van der Waals surface area contributed by atoms with Gasteiger partial charge in [-0.15, -0.1) is 0 Å². The summed E-state index contributed by atoms with van der Waals surface area (Å²) in [5, 5.41) is 10.6. The molecule has 0 unspecified atom stereocenters. The average molecular weight is 420 g/mol. The summed E-state index contributed by atoms with van der Waals surface area (Å²) in [5.41, 5.74) is 3.63. The topological polar surface area (TPSA) is 57.9 Å². The molecular weight excluding hydrogens is 390 g/mol. The molecule has 1 aromatic heterocycles. The van der Waals surface area contributed by atoms with E-state index in [1.54, 1.807) is 17.9 Å². The van der Waals surface area contributed by atoms with Crippen molar-refractivity contribution in [1.82, 2.24) is 9.47 Å². The highest BCUT2D eigenvalue weighted by Crippen LogP contribution is 2.28. The first-order valence-electron chi connectivity index (χ1n) is 10.6. The van der Waals surface area contributed by atoms with Gasteiger partial charge in [0.1, 0.15) is 5.75 Å². The van der Waals surface area contributed by atoms with E-state index in [4.69, 9.17) is 4.74 Å². The molecule has 0 bridgehead atoms. The van der Waals surface area contributed by atoms with Crippen molar-refractivity contribution in [3.05, 3.63) is 87.8 Å². The van der Waals surface area contributed by atoms with Crippen LogP contribution < -0.4 is 15.2 Å². The van der Waals surface area contributed by atoms with E-state index in [2.05, 4.69) is 21.9 Å². The lowest BCUT2D eigenvalue weighted by atomic mass is 10.1. The second kappa shape index (κ2) is 9.27. The molecule has 3 aromatic rings. The van der Waals surface area contributed by atoms with Gasteiger partial charge in [-0.25, -0.2) is 0 Å². The number of hydrogen-bond donors (Lipinski definition) is 1. The first kappa shape index (κ1) is 21.0. The zero-order valence-electron chi connectivity index (χ0n) is 18.1. The molecule has 1 N–H and O–H groups in total. The summed E-state index contributed by atoms with van der Waals surface area (Å²) in [6.45, 7) is 6.48. The van der Waals surface area contributed by atoms with Crippen LogP contribution in [-0.2, 0) is 13.1 Å². The molecule has 4 rings (SSSR count). The van der Waals surface area contributed by atoms with E-state index in [1.807, 2.05) is 49.4 Å². The third-order valence-electron chi connectivity index (χ3n) is 5.85. The highest BCUT2D eigenvalue weighted by molar-refractivity contribution is 5.58. The lowest BCUT2D eigenvalue weighted by molar-refractivity contribution is 0.245. The van der Waals surface area contributed by atoms with Gasteiger partial charge in [0.15, 0.2) is 5.75 Å². The minimum absolute atomic E-state index is 0.151. The van der Waals surface area contributed by atoms with E-state index >= 15 is 0 Å². The molecule has 1 aliphatic heterocycles. The SMILES string of the molecule is COc1ccccc1N1CCN(Cc2ccn(Cc3cccc(C)c3)c(=O)c2O)CC1. The van der Waals surface area contributed by atoms with E-state index in [9.17, 15) is 9.90 Å². The number of aromatic nitrogens is 1. The first-order valence-corrected chi connectivity index (χ1v) is 10.6. The smallest absolute Gasteiger partial charge is 0.293 e. The van der Waals surface area contributed by atoms with Crippen LogP contribution in [0.3, 0.4) is 0 Å². The number of methoxy groups -OCH3 is 1. The van der Waals surface area contributed by atoms with Gasteiger partial charge in [-0.05, 0) is 30.7 Å². The molecule has 2 heterocycles. The zero-order chi connectivity index (χ0) is 21.8. The molecule has 0 amide bonds. The predicted molar refractivity (Wildman–Crippen MR) is 123 cm³/mol. The summed E-state index contributed by atoms with van der Waals surface area (Å²) in [6, 6.07) is 18.0. The van der Waals surface area contributed by atoms with E-state index < -0.39 is 0 Å². The Balaban J connectivity index is 1.41. The third kappa shape index (κ3) is 4.75. The fourth-order valence-electron chi connectivity index (χ4n) is 4.14. The van der Waals surface area contributed by atoms with Crippen LogP contribution in [-0.4, -0.2) is 47.9 Å². The first-order chi connectivity index (χ1) is 15.0. The summed E-state index contributed by atoms with van der Waals surface area (Å²) in [7, 11) is 1.69. The number of hydrogen-bond acceptors (Lipinski definition) is 5. The molecule has 0 saturated carbocycles. The molecular formula is C25H29N3O3. The second-order valence-corrected chi connectivity index (χ2v) is 8.05. The van der Waals surface area contributed by atoms with E-state index in [1.165, 1.54) is 0 Å². The summed E-state index contributed by atoms with van der Waals surface area (Å²) in [6.07, 6.45) is 1.78. The van der Waals surface area contributed by atoms with Gasteiger partial charge in [0.25, 0.3) is 5.56 Å². The van der Waals surface area contributed by atoms with Crippen LogP contribution in [0.15, 0.2) is 65.6 Å². The van der Waals surface area contributed by atoms with Gasteiger partial charge < -0.3 is 19.3 Å². The maximum absolute atomic E-state index is 12.7. The number of ether oxygens (including phenoxy) is 1. The van der Waals surface area contributed by atoms with Gasteiger partial charge in [-0.3, -0.25) is 9.69 Å². The van der Waals surface area contributed by atoms with Gasteiger partial charge in [0, 0.05) is 44.5 Å². The van der Waals surface area contributed by atoms with Crippen molar-refractivity contribution >= 4 is 5.69 Å². The maximum Gasteiger partial charge on any atom is 0.293 e. The maximum atomic E-state index is 12.7. The lowest BCUT2D eigenvalue weighted by Crippen LogP contribution is -2.46. The number of benzene rings is 2. The molecule has 0 radical (unpaired) electrons. The minimum atomic E-state index is -0.341. The summed E-state index contributed by atoms with van der Waals surface area (Å²) in [4.78, 5) is 17.3. The molecule has 2 aromatic carbocycles. The average Bonchev–Trinajstić information content (AvgIpc) is 2.79. The molecule has 0 atom stereocenters. The van der Waals surface area contributed by atoms with Gasteiger partial charge >= 0.3 is 0 Å². The minimum Gasteiger partial charge on any atom is -0.503 e. The summed E-state index contributed by atoms with van der Waals surface area (Å²) >= 11 is 0. The van der Waals surface area contributed by atoms with Gasteiger partial charge in [-0.2, -0.15) is 0 Å². The number of piperazine rings is 1. The Morgan fingerprint density at radius 3 is 2.48 bits per heavy atom. The van der Waals surface area contributed by atoms with Crippen LogP contribution in [0, 0.1) is 6.92 Å². The molecule has 1 aliphatic rings. The van der Waals surface area contributed by atoms with Crippen molar-refractivity contribution in [2.45, 2.75) is 20.0 Å². The lowest BCUT2D eigenvalue weighted by Gasteiger charge is -2.36. The van der Waals surface area contributed by atoms with E-state index in [0.29, 0.717) is 18.7 Å². The van der Waals surface area contributed by atoms with Crippen molar-refractivity contribution in [2.75, 3.05) is 38.2 Å². The molecule has 162 valence electrons. The number of aryl methyl sites for hydroxylation is 1. The van der Waals surface area contributed by atoms with Crippen molar-refractivity contribution in [1.29, 1.82) is 0 Å². The highest BCUT2D eigenvalue weighted by Gasteiger charge is 2.21. The number of para-hydroxylation sites is 2. The molecule has 31 heavy (non-hydrogen) atoms. The van der Waals surface area contributed by atoms with Crippen molar-refractivity contribution in [2.24, 2.45) is 0 Å². The number of aromatic hydroxyl groups is 1. The van der Waals surface area contributed by atoms with Crippen LogP contribution >= 0.6 is 0 Å². The van der Waals surface area contributed by atoms with Gasteiger partial charge in [-0.1, -0.05) is 42.0 Å². The number of rotatable bonds is 6. The van der Waals surface area contributed by atoms with Crippen LogP contribution in [0.25, 0.3) is 0 Å². The van der Waals surface area contributed by atoms with E-state index in [-0.39, 0.29) is 11.3 Å². The van der Waals surface area contributed by atoms with E-state index in [0.717, 1.165) is 48.7 Å². The Kier molecular flexibility index (Phi) is 6.28. The Labute approximate surface area is 182 Å². The van der Waals surface area contributed by atoms with Crippen LogP contribution in [0.2, 0.25) is 0 Å². The van der Waals surface area contributed by atoms with Gasteiger partial charge in [0.2, 0.25) is 0 Å². The Hall–Kier alpha value is -3.25. The third-order valence-corrected chi connectivity index (χ3v) is 5.85. The fraction of sp³-hybridized carbons (Fsp3) is 0.320. The zero-order valence-corrected chi connectivity index (χ0v) is 18.1. The monoisotopic (exact) mass is 419 g/mol. The number of anilines is 1. The summed E-state index contributed by atoms with van der Waals surface area (Å²) < 4.78 is 7.05. The molecule has 6 nitrogen and oxygen atoms in total. The summed E-state index contributed by atoms with van der Waals surface area (Å²) in [5.74, 6) is 0.730. The Bertz CT molecular complexity index is 1100. The van der Waals surface area contributed by atoms with Crippen LogP contribution in [0.5, 0.6) is 11.5 Å². The number of nitrogens with zero attached hydrogens (tertiary/aromatic N) is 3. The predicted octanol–water partition coefficient (Wildman–Crippen LogP) is 3.24. The molecule has 6 heteroatoms. The quantitative estimate of drug-likeness (QED) is 0.665. The molecule has 1 saturated heterocycles. The van der Waals surface area contributed by atoms with Crippen molar-refractivity contribution in [3.8, 4) is 11.5 Å². The largest absolute Gasteiger partial charge is 0.503 e. The number of pyridine rings is 1. The van der Waals surface area contributed by atoms with Crippen LogP contribution in [0.1, 0.15) is 16.7 Å². The normalized spacial score (nSPS) is 14.6. The standard InChI is InChI=1S/C25H29N3O3/c1-19-6-5-7-20(16-19)17-28-11-10-21(24(29)25(28)30)18-26-12-14-27(15-13-26)22-8-3-4-9-23(22)31-2/h3-11,16,29H,12-15,17-18H2,1-2H3. The van der Waals surface area contributed by atoms with Gasteiger partial charge in [0.05, 0.1) is 19.3 Å². The molecule has 1 fully saturated rings. The molecule has 0 aliphatic carbocycles. The van der Waals surface area contributed by atoms with Crippen molar-refractivity contribution in [3.63, 3.8) is 0 Å². The van der Waals surface area contributed by atoms with Crippen LogP contribution in [0.4, 0.5) is 5.69 Å². The molecule has 0 spiro atoms. The fourth-order valence-corrected chi connectivity index (χ4v) is 4.14. The van der Waals surface area contributed by atoms with Crippen molar-refractivity contribution < 1.29 is 9.84 Å². The Morgan fingerprint density at radius 1 is 0.968 bits per heavy atom.